The Bertz CT molecular complexity index is 556. The predicted molar refractivity (Wildman–Crippen MR) is 87.3 cm³/mol. The van der Waals surface area contributed by atoms with Crippen molar-refractivity contribution in [3.63, 3.8) is 0 Å². The summed E-state index contributed by atoms with van der Waals surface area (Å²) in [6.07, 6.45) is 0.189. The molecule has 0 unspecified atom stereocenters. The summed E-state index contributed by atoms with van der Waals surface area (Å²) < 4.78 is 5.11. The van der Waals surface area contributed by atoms with Gasteiger partial charge in [-0.25, -0.2) is 0 Å². The van der Waals surface area contributed by atoms with Gasteiger partial charge >= 0.3 is 0 Å². The average Bonchev–Trinajstić information content (AvgIpc) is 2.94. The first-order chi connectivity index (χ1) is 11.0. The summed E-state index contributed by atoms with van der Waals surface area (Å²) in [6.45, 7) is 4.12. The SMILES string of the molecule is COc1ccc(N2C[C@H](C(=O)N[C@H](CO)C(C)C)CC2=O)cc1. The van der Waals surface area contributed by atoms with Crippen LogP contribution in [-0.4, -0.2) is 43.2 Å². The van der Waals surface area contributed by atoms with Crippen LogP contribution in [0, 0.1) is 11.8 Å². The number of hydrogen-bond donors (Lipinski definition) is 2. The number of amides is 2. The summed E-state index contributed by atoms with van der Waals surface area (Å²) in [5, 5.41) is 12.1. The Morgan fingerprint density at radius 2 is 2.04 bits per heavy atom. The van der Waals surface area contributed by atoms with Crippen molar-refractivity contribution in [3.8, 4) is 5.75 Å². The van der Waals surface area contributed by atoms with E-state index in [4.69, 9.17) is 4.74 Å². The van der Waals surface area contributed by atoms with Gasteiger partial charge < -0.3 is 20.1 Å². The number of nitrogens with one attached hydrogen (secondary N) is 1. The number of hydrogen-bond acceptors (Lipinski definition) is 4. The van der Waals surface area contributed by atoms with Crippen LogP contribution in [0.1, 0.15) is 20.3 Å². The van der Waals surface area contributed by atoms with E-state index < -0.39 is 5.92 Å². The van der Waals surface area contributed by atoms with Crippen LogP contribution < -0.4 is 15.0 Å². The van der Waals surface area contributed by atoms with Gasteiger partial charge in [0.1, 0.15) is 5.75 Å². The molecule has 126 valence electrons. The standard InChI is InChI=1S/C17H24N2O4/c1-11(2)15(10-20)18-17(22)12-8-16(21)19(9-12)13-4-6-14(23-3)7-5-13/h4-7,11-12,15,20H,8-10H2,1-3H3,(H,18,22)/t12-,15-/m1/s1. The number of benzene rings is 1. The van der Waals surface area contributed by atoms with Crippen molar-refractivity contribution in [3.05, 3.63) is 24.3 Å². The third-order valence-electron chi connectivity index (χ3n) is 4.21. The summed E-state index contributed by atoms with van der Waals surface area (Å²) in [5.41, 5.74) is 0.758. The lowest BCUT2D eigenvalue weighted by Crippen LogP contribution is -2.44. The minimum Gasteiger partial charge on any atom is -0.497 e. The molecule has 0 aliphatic carbocycles. The highest BCUT2D eigenvalue weighted by Gasteiger charge is 2.36. The van der Waals surface area contributed by atoms with Crippen LogP contribution >= 0.6 is 0 Å². The second-order valence-electron chi connectivity index (χ2n) is 6.15. The van der Waals surface area contributed by atoms with Crippen LogP contribution in [0.15, 0.2) is 24.3 Å². The molecular weight excluding hydrogens is 296 g/mol. The third kappa shape index (κ3) is 4.01. The molecule has 1 fully saturated rings. The van der Waals surface area contributed by atoms with Crippen LogP contribution in [0.4, 0.5) is 5.69 Å². The Labute approximate surface area is 136 Å². The Morgan fingerprint density at radius 3 is 2.57 bits per heavy atom. The second-order valence-corrected chi connectivity index (χ2v) is 6.15. The fraction of sp³-hybridized carbons (Fsp3) is 0.529. The molecule has 0 aromatic heterocycles. The molecule has 2 amide bonds. The van der Waals surface area contributed by atoms with Crippen molar-refractivity contribution < 1.29 is 19.4 Å². The number of rotatable bonds is 6. The van der Waals surface area contributed by atoms with Gasteiger partial charge in [0, 0.05) is 18.7 Å². The van der Waals surface area contributed by atoms with Crippen molar-refractivity contribution in [1.82, 2.24) is 5.32 Å². The molecule has 6 heteroatoms. The Hall–Kier alpha value is -2.08. The van der Waals surface area contributed by atoms with Gasteiger partial charge in [-0.2, -0.15) is 0 Å². The molecule has 1 heterocycles. The Morgan fingerprint density at radius 1 is 1.39 bits per heavy atom. The zero-order valence-electron chi connectivity index (χ0n) is 13.8. The highest BCUT2D eigenvalue weighted by molar-refractivity contribution is 6.00. The highest BCUT2D eigenvalue weighted by atomic mass is 16.5. The predicted octanol–water partition coefficient (Wildman–Crippen LogP) is 1.18. The van der Waals surface area contributed by atoms with Gasteiger partial charge in [0.25, 0.3) is 0 Å². The van der Waals surface area contributed by atoms with E-state index in [1.165, 1.54) is 0 Å². The molecule has 1 aromatic carbocycles. The molecular formula is C17H24N2O4. The molecule has 0 saturated carbocycles. The lowest BCUT2D eigenvalue weighted by atomic mass is 10.0. The monoisotopic (exact) mass is 320 g/mol. The van der Waals surface area contributed by atoms with Gasteiger partial charge in [0.15, 0.2) is 0 Å². The number of aliphatic hydroxyl groups excluding tert-OH is 1. The van der Waals surface area contributed by atoms with E-state index in [0.29, 0.717) is 6.54 Å². The highest BCUT2D eigenvalue weighted by Crippen LogP contribution is 2.27. The van der Waals surface area contributed by atoms with Crippen molar-refractivity contribution in [2.45, 2.75) is 26.3 Å². The van der Waals surface area contributed by atoms with Crippen LogP contribution in [0.3, 0.4) is 0 Å². The number of methoxy groups -OCH3 is 1. The van der Waals surface area contributed by atoms with Gasteiger partial charge in [-0.3, -0.25) is 9.59 Å². The quantitative estimate of drug-likeness (QED) is 0.825. The first-order valence-corrected chi connectivity index (χ1v) is 7.82. The molecule has 2 atom stereocenters. The first kappa shape index (κ1) is 17.3. The minimum absolute atomic E-state index is 0.0691. The molecule has 0 spiro atoms. The van der Waals surface area contributed by atoms with E-state index in [1.807, 2.05) is 26.0 Å². The van der Waals surface area contributed by atoms with E-state index in [-0.39, 0.29) is 36.8 Å². The van der Waals surface area contributed by atoms with E-state index >= 15 is 0 Å². The summed E-state index contributed by atoms with van der Waals surface area (Å²) in [6, 6.07) is 6.91. The Kier molecular flexibility index (Phi) is 5.60. The second kappa shape index (κ2) is 7.46. The topological polar surface area (TPSA) is 78.9 Å². The van der Waals surface area contributed by atoms with Gasteiger partial charge in [-0.15, -0.1) is 0 Å². The number of aliphatic hydroxyl groups is 1. The van der Waals surface area contributed by atoms with Crippen LogP contribution in [-0.2, 0) is 9.59 Å². The number of carbonyl (C=O) groups excluding carboxylic acids is 2. The normalized spacial score (nSPS) is 19.1. The smallest absolute Gasteiger partial charge is 0.227 e. The van der Waals surface area contributed by atoms with Crippen LogP contribution in [0.2, 0.25) is 0 Å². The van der Waals surface area contributed by atoms with Gasteiger partial charge in [-0.1, -0.05) is 13.8 Å². The number of anilines is 1. The zero-order valence-corrected chi connectivity index (χ0v) is 13.8. The number of ether oxygens (including phenoxy) is 1. The van der Waals surface area contributed by atoms with Crippen molar-refractivity contribution in [1.29, 1.82) is 0 Å². The maximum Gasteiger partial charge on any atom is 0.227 e. The molecule has 1 aliphatic heterocycles. The maximum absolute atomic E-state index is 12.3. The molecule has 0 radical (unpaired) electrons. The fourth-order valence-electron chi connectivity index (χ4n) is 2.62. The minimum atomic E-state index is -0.391. The number of nitrogens with zero attached hydrogens (tertiary/aromatic N) is 1. The summed E-state index contributed by atoms with van der Waals surface area (Å²) in [5.74, 6) is 0.219. The molecule has 1 aromatic rings. The van der Waals surface area contributed by atoms with Crippen LogP contribution in [0.25, 0.3) is 0 Å². The van der Waals surface area contributed by atoms with E-state index in [1.54, 1.807) is 24.1 Å². The molecule has 1 aliphatic rings. The van der Waals surface area contributed by atoms with Gasteiger partial charge in [0.2, 0.25) is 11.8 Å². The number of carbonyl (C=O) groups is 2. The van der Waals surface area contributed by atoms with E-state index in [9.17, 15) is 14.7 Å². The molecule has 2 N–H and O–H groups in total. The van der Waals surface area contributed by atoms with Crippen LogP contribution in [0.5, 0.6) is 5.75 Å². The summed E-state index contributed by atoms with van der Waals surface area (Å²) >= 11 is 0. The van der Waals surface area contributed by atoms with Gasteiger partial charge in [-0.05, 0) is 30.2 Å². The summed E-state index contributed by atoms with van der Waals surface area (Å²) in [7, 11) is 1.59. The molecule has 1 saturated heterocycles. The van der Waals surface area contributed by atoms with Crippen molar-refractivity contribution in [2.24, 2.45) is 11.8 Å². The summed E-state index contributed by atoms with van der Waals surface area (Å²) in [4.78, 5) is 26.1. The third-order valence-corrected chi connectivity index (χ3v) is 4.21. The molecule has 6 nitrogen and oxygen atoms in total. The Balaban J connectivity index is 2.02. The van der Waals surface area contributed by atoms with Crippen molar-refractivity contribution in [2.75, 3.05) is 25.2 Å². The lowest BCUT2D eigenvalue weighted by Gasteiger charge is -2.22. The van der Waals surface area contributed by atoms with Gasteiger partial charge in [0.05, 0.1) is 25.7 Å². The van der Waals surface area contributed by atoms with E-state index in [2.05, 4.69) is 5.32 Å². The average molecular weight is 320 g/mol. The van der Waals surface area contributed by atoms with E-state index in [0.717, 1.165) is 11.4 Å². The molecule has 2 rings (SSSR count). The lowest BCUT2D eigenvalue weighted by molar-refractivity contribution is -0.127. The molecule has 0 bridgehead atoms. The zero-order chi connectivity index (χ0) is 17.0. The molecule has 23 heavy (non-hydrogen) atoms. The first-order valence-electron chi connectivity index (χ1n) is 7.82. The fourth-order valence-corrected chi connectivity index (χ4v) is 2.62. The maximum atomic E-state index is 12.3. The largest absolute Gasteiger partial charge is 0.497 e. The van der Waals surface area contributed by atoms with Crippen molar-refractivity contribution >= 4 is 17.5 Å².